The predicted molar refractivity (Wildman–Crippen MR) is 333 cm³/mol. The molecule has 7 N–H and O–H groups in total. The van der Waals surface area contributed by atoms with Crippen molar-refractivity contribution >= 4 is 93.7 Å². The van der Waals surface area contributed by atoms with Gasteiger partial charge in [0.05, 0.1) is 29.7 Å². The summed E-state index contributed by atoms with van der Waals surface area (Å²) in [4.78, 5) is 146. The van der Waals surface area contributed by atoms with Gasteiger partial charge in [0.15, 0.2) is 46.9 Å². The standard InChI is InChI=1S/C9H10F2O.C8H12O2.C7H11NO2.C7H10O3.C7H8O3.C6H9NO3.C6H9NO2S.2C5H8N2OS/c1-5(2)6-3-7(10)9(12)8(11)4-6;1-5(2)7-3-6(9)4-8(7)10;1-4(2)7-5(9)3-6(10)8-7;1-4(2)7-5(8)3-6(9)10-7;1-3(2)4-5(8)7(10)6(4)9;2*1-3(2)4-5(8)7-6(9)10-4;1-3(2)4-6-5(8)9-7-4;1-3(2)4-6-5(9)8-7-4/h3-5,12H,1-2H3;5,7H,3-4H2,1-2H3;4,7H,3H2,1-2H3,(H,8,10);4,7H,3H2,1-2H3;3,8H,1-2H3;2*3-4H,1-2H3,(H,7,8,9);3H,1-2H3,(H,6,7,8);3H,1-2H3,(H,6,7,9). The van der Waals surface area contributed by atoms with Gasteiger partial charge in [-0.3, -0.25) is 73.2 Å². The van der Waals surface area contributed by atoms with Gasteiger partial charge in [-0.1, -0.05) is 136 Å². The van der Waals surface area contributed by atoms with Gasteiger partial charge in [-0.05, 0) is 71.3 Å². The lowest BCUT2D eigenvalue weighted by Crippen LogP contribution is -2.34. The van der Waals surface area contributed by atoms with E-state index in [4.69, 9.17) is 19.5 Å². The molecule has 9 rings (SSSR count). The number of hydrogen-bond donors (Lipinski definition) is 7. The second-order valence-electron chi connectivity index (χ2n) is 23.9. The molecule has 1 saturated carbocycles. The van der Waals surface area contributed by atoms with Crippen molar-refractivity contribution in [2.75, 3.05) is 0 Å². The SMILES string of the molecule is CC(C)C1CC(=O)CC1=O.CC(C)C1NC(=O)CC1=O.CC(C)C1OC(=O)CC1=O.CC(C)C1OC(=O)NC1=O.CC(C)C1SC(=O)NC1=O.CC(C)c1c(O)c(=O)c1=O.CC(C)c1cc(F)c(O)c(F)c1.CC(C)c1nc(=S)o[nH]1.CC(C)c1nsc(=O)[nH]1. The van der Waals surface area contributed by atoms with Gasteiger partial charge in [0.25, 0.3) is 16.6 Å². The molecule has 5 fully saturated rings. The number of halogens is 2. The van der Waals surface area contributed by atoms with E-state index in [1.165, 1.54) is 0 Å². The highest BCUT2D eigenvalue weighted by Gasteiger charge is 2.37. The number of H-pyrrole nitrogens is 2. The number of rotatable bonds is 9. The van der Waals surface area contributed by atoms with Crippen LogP contribution in [0.15, 0.2) is 31.0 Å². The van der Waals surface area contributed by atoms with Crippen LogP contribution in [0.25, 0.3) is 0 Å². The zero-order valence-electron chi connectivity index (χ0n) is 53.9. The Balaban J connectivity index is 0.000000507. The van der Waals surface area contributed by atoms with E-state index < -0.39 is 46.5 Å². The molecule has 4 aliphatic heterocycles. The van der Waals surface area contributed by atoms with Crippen molar-refractivity contribution in [2.45, 2.75) is 197 Å². The number of carbonyl (C=O) groups excluding carboxylic acids is 10. The predicted octanol–water partition coefficient (Wildman–Crippen LogP) is 8.80. The molecule has 2 aromatic heterocycles. The van der Waals surface area contributed by atoms with Gasteiger partial charge in [-0.2, -0.15) is 9.36 Å². The molecular weight excluding hydrogens is 1240 g/mol. The number of hydrogen-bond acceptors (Lipinski definition) is 23. The number of nitrogens with zero attached hydrogens (tertiary/aromatic N) is 2. The highest BCUT2D eigenvalue weighted by atomic mass is 32.2. The number of amides is 5. The van der Waals surface area contributed by atoms with Crippen LogP contribution in [0, 0.1) is 52.0 Å². The van der Waals surface area contributed by atoms with Gasteiger partial charge in [-0.25, -0.2) is 18.7 Å². The summed E-state index contributed by atoms with van der Waals surface area (Å²) in [5.41, 5.74) is -0.469. The summed E-state index contributed by atoms with van der Waals surface area (Å²) in [5, 5.41) is 26.7. The molecule has 30 heteroatoms. The van der Waals surface area contributed by atoms with Gasteiger partial charge < -0.3 is 29.5 Å². The average Bonchev–Trinajstić information content (AvgIpc) is 1.75. The van der Waals surface area contributed by atoms with E-state index in [-0.39, 0.29) is 145 Å². The summed E-state index contributed by atoms with van der Waals surface area (Å²) in [6.45, 7) is 34.2. The van der Waals surface area contributed by atoms with Gasteiger partial charge in [-0.15, -0.1) is 0 Å². The molecule has 25 nitrogen and oxygen atoms in total. The number of aromatic amines is 2. The minimum Gasteiger partial charge on any atom is -0.504 e. The Morgan fingerprint density at radius 2 is 1.14 bits per heavy atom. The first-order valence-electron chi connectivity index (χ1n) is 29.0. The molecule has 5 unspecified atom stereocenters. The highest BCUT2D eigenvalue weighted by Crippen LogP contribution is 2.28. The Kier molecular flexibility index (Phi) is 33.7. The largest absolute Gasteiger partial charge is 0.504 e. The zero-order chi connectivity index (χ0) is 69.5. The Bertz CT molecular complexity index is 3030. The third-order valence-electron chi connectivity index (χ3n) is 13.1. The third kappa shape index (κ3) is 26.5. The van der Waals surface area contributed by atoms with Gasteiger partial charge in [0.2, 0.25) is 17.2 Å². The maximum absolute atomic E-state index is 12.7. The number of cyclic esters (lactones) is 2. The lowest BCUT2D eigenvalue weighted by atomic mass is 9.94. The monoisotopic (exact) mass is 1330 g/mol. The Morgan fingerprint density at radius 1 is 0.589 bits per heavy atom. The van der Waals surface area contributed by atoms with Crippen molar-refractivity contribution in [3.8, 4) is 11.5 Å². The van der Waals surface area contributed by atoms with Crippen molar-refractivity contribution in [2.24, 2.45) is 35.5 Å². The molecule has 1 aliphatic carbocycles. The minimum absolute atomic E-state index is 0.0208. The van der Waals surface area contributed by atoms with Crippen LogP contribution in [-0.4, -0.2) is 111 Å². The van der Waals surface area contributed by atoms with E-state index in [1.54, 1.807) is 13.8 Å². The van der Waals surface area contributed by atoms with E-state index in [2.05, 4.69) is 47.1 Å². The van der Waals surface area contributed by atoms with E-state index in [1.807, 2.05) is 116 Å². The fraction of sp³-hybridized carbons (Fsp3) is 0.600. The van der Waals surface area contributed by atoms with E-state index >= 15 is 0 Å². The third-order valence-corrected chi connectivity index (χ3v) is 15.1. The first kappa shape index (κ1) is 80.5. The Hall–Kier alpha value is -7.47. The number of aromatic hydroxyl groups is 2. The molecule has 2 aromatic carbocycles. The molecule has 0 bridgehead atoms. The highest BCUT2D eigenvalue weighted by molar-refractivity contribution is 8.15. The number of ketones is 4. The zero-order valence-corrected chi connectivity index (χ0v) is 56.3. The first-order valence-corrected chi connectivity index (χ1v) is 31.0. The smallest absolute Gasteiger partial charge is 0.414 e. The number of esters is 1. The number of Topliss-reactive ketones (excluding diaryl/α,β-unsaturated/α-hetero) is 4. The van der Waals surface area contributed by atoms with Gasteiger partial charge in [0.1, 0.15) is 29.6 Å². The number of nitrogens with one attached hydrogen (secondary N) is 5. The molecule has 90 heavy (non-hydrogen) atoms. The average molecular weight is 1330 g/mol. The topological polar surface area (TPSA) is 387 Å². The van der Waals surface area contributed by atoms with Crippen LogP contribution in [0.1, 0.15) is 197 Å². The Morgan fingerprint density at radius 3 is 1.37 bits per heavy atom. The molecule has 500 valence electrons. The van der Waals surface area contributed by atoms with Crippen LogP contribution in [0.4, 0.5) is 18.4 Å². The van der Waals surface area contributed by atoms with Gasteiger partial charge in [0, 0.05) is 35.7 Å². The molecule has 4 saturated heterocycles. The quantitative estimate of drug-likeness (QED) is 0.0356. The number of thioether (sulfide) groups is 1. The van der Waals surface area contributed by atoms with Crippen LogP contribution in [0.2, 0.25) is 0 Å². The van der Waals surface area contributed by atoms with Crippen molar-refractivity contribution in [3.63, 3.8) is 0 Å². The molecule has 6 heterocycles. The number of ether oxygens (including phenoxy) is 2. The van der Waals surface area contributed by atoms with Crippen LogP contribution in [-0.2, 0) is 47.8 Å². The number of aromatic nitrogens is 4. The summed E-state index contributed by atoms with van der Waals surface area (Å²) in [5.74, 6) is -0.635. The Labute approximate surface area is 533 Å². The van der Waals surface area contributed by atoms with Crippen LogP contribution in [0.3, 0.4) is 0 Å². The minimum atomic E-state index is -0.904. The van der Waals surface area contributed by atoms with Crippen LogP contribution < -0.4 is 31.7 Å². The molecule has 0 radical (unpaired) electrons. The van der Waals surface area contributed by atoms with E-state index in [0.717, 1.165) is 47.1 Å². The number of carbonyl (C=O) groups is 10. The van der Waals surface area contributed by atoms with Crippen molar-refractivity contribution in [1.82, 2.24) is 35.4 Å². The van der Waals surface area contributed by atoms with Crippen molar-refractivity contribution in [1.29, 1.82) is 0 Å². The van der Waals surface area contributed by atoms with Crippen LogP contribution >= 0.6 is 35.5 Å². The summed E-state index contributed by atoms with van der Waals surface area (Å²) in [6.07, 6.45) is -1.01. The van der Waals surface area contributed by atoms with Crippen LogP contribution in [0.5, 0.6) is 11.5 Å². The first-order chi connectivity index (χ1) is 41.5. The van der Waals surface area contributed by atoms with Crippen molar-refractivity contribution < 1.29 is 80.9 Å². The fourth-order valence-corrected chi connectivity index (χ4v) is 9.48. The summed E-state index contributed by atoms with van der Waals surface area (Å²) < 4.78 is 43.4. The molecule has 5 aliphatic rings. The summed E-state index contributed by atoms with van der Waals surface area (Å²) in [7, 11) is 0. The maximum atomic E-state index is 12.7. The van der Waals surface area contributed by atoms with E-state index in [0.29, 0.717) is 29.7 Å². The van der Waals surface area contributed by atoms with Crippen molar-refractivity contribution in [3.05, 3.63) is 81.5 Å². The van der Waals surface area contributed by atoms with Gasteiger partial charge >= 0.3 is 21.8 Å². The van der Waals surface area contributed by atoms with E-state index in [9.17, 15) is 71.1 Å². The second-order valence-corrected chi connectivity index (χ2v) is 26.1. The lowest BCUT2D eigenvalue weighted by Gasteiger charge is -2.11. The number of imide groups is 2. The summed E-state index contributed by atoms with van der Waals surface area (Å²) >= 11 is 6.70. The fourth-order valence-electron chi connectivity index (χ4n) is 7.92. The number of alkyl carbamates (subject to hydrolysis) is 1. The molecule has 0 spiro atoms. The number of phenolic OH excluding ortho intramolecular Hbond substituents is 1. The molecular formula is C60H85F2N7O18S3. The normalized spacial score (nSPS) is 19.1. The summed E-state index contributed by atoms with van der Waals surface area (Å²) in [6, 6.07) is 2.05. The second kappa shape index (κ2) is 37.6. The molecule has 5 atom stereocenters. The number of phenols is 1. The number of benzene rings is 1. The lowest BCUT2D eigenvalue weighted by molar-refractivity contribution is -0.144. The molecule has 4 aromatic rings. The molecule has 5 amide bonds. The maximum Gasteiger partial charge on any atom is 0.414 e.